The Morgan fingerprint density at radius 2 is 1.58 bits per heavy atom. The van der Waals surface area contributed by atoms with Crippen molar-refractivity contribution in [2.24, 2.45) is 5.92 Å². The molecule has 1 amide bonds. The molecule has 0 heterocycles. The largest absolute Gasteiger partial charge is 0.444 e. The fourth-order valence-corrected chi connectivity index (χ4v) is 1.85. The van der Waals surface area contributed by atoms with Crippen LogP contribution in [-0.2, 0) is 19.0 Å². The molecule has 0 aliphatic carbocycles. The lowest BCUT2D eigenvalue weighted by Crippen LogP contribution is -2.49. The van der Waals surface area contributed by atoms with Gasteiger partial charge in [0, 0.05) is 0 Å². The van der Waals surface area contributed by atoms with Crippen LogP contribution in [-0.4, -0.2) is 42.3 Å². The summed E-state index contributed by atoms with van der Waals surface area (Å²) in [6.07, 6.45) is -1.81. The maximum Gasteiger partial charge on any atom is 0.407 e. The summed E-state index contributed by atoms with van der Waals surface area (Å²) in [4.78, 5) is 23.3. The van der Waals surface area contributed by atoms with E-state index in [9.17, 15) is 14.0 Å². The van der Waals surface area contributed by atoms with Crippen LogP contribution in [0.3, 0.4) is 0 Å². The van der Waals surface area contributed by atoms with Crippen molar-refractivity contribution in [1.29, 1.82) is 0 Å². The molecular weight excluding hydrogens is 317 g/mol. The Kier molecular flexibility index (Phi) is 8.85. The lowest BCUT2D eigenvalue weighted by atomic mass is 9.99. The van der Waals surface area contributed by atoms with Crippen molar-refractivity contribution in [3.63, 3.8) is 0 Å². The number of ether oxygens (including phenoxy) is 3. The third kappa shape index (κ3) is 11.3. The minimum Gasteiger partial charge on any atom is -0.444 e. The first-order valence-corrected chi connectivity index (χ1v) is 8.15. The van der Waals surface area contributed by atoms with Gasteiger partial charge in [-0.1, -0.05) is 13.8 Å². The molecule has 0 aromatic heterocycles. The topological polar surface area (TPSA) is 73.9 Å². The Balaban J connectivity index is 4.98. The Hall–Kier alpha value is -1.21. The fourth-order valence-electron chi connectivity index (χ4n) is 1.85. The van der Waals surface area contributed by atoms with E-state index in [1.807, 2.05) is 34.6 Å². The van der Waals surface area contributed by atoms with Crippen LogP contribution in [0.25, 0.3) is 0 Å². The molecule has 0 saturated carbocycles. The summed E-state index contributed by atoms with van der Waals surface area (Å²) in [5.74, 6) is 0.110. The first kappa shape index (κ1) is 22.8. The minimum atomic E-state index is -1.66. The zero-order valence-corrected chi connectivity index (χ0v) is 16.1. The van der Waals surface area contributed by atoms with Gasteiger partial charge >= 0.3 is 12.1 Å². The highest BCUT2D eigenvalue weighted by Crippen LogP contribution is 2.16. The van der Waals surface area contributed by atoms with Crippen molar-refractivity contribution in [1.82, 2.24) is 5.32 Å². The van der Waals surface area contributed by atoms with Crippen molar-refractivity contribution in [2.45, 2.75) is 85.2 Å². The van der Waals surface area contributed by atoms with Crippen LogP contribution in [0.15, 0.2) is 0 Å². The maximum absolute atomic E-state index is 13.5. The van der Waals surface area contributed by atoms with Crippen molar-refractivity contribution >= 4 is 12.1 Å². The number of alkyl carbamates (subject to hydrolysis) is 1. The SMILES string of the molecule is CC(C)C[C@H](NC(=O)OC(C)(C)C)C(OCOC(C)(C)C)C(=O)F. The smallest absolute Gasteiger partial charge is 0.407 e. The number of hydrogen-bond acceptors (Lipinski definition) is 5. The molecule has 0 aromatic rings. The zero-order chi connectivity index (χ0) is 19.1. The van der Waals surface area contributed by atoms with E-state index in [2.05, 4.69) is 5.32 Å². The van der Waals surface area contributed by atoms with Gasteiger partial charge in [0.1, 0.15) is 12.4 Å². The van der Waals surface area contributed by atoms with Crippen LogP contribution in [0.4, 0.5) is 9.18 Å². The first-order valence-electron chi connectivity index (χ1n) is 8.15. The van der Waals surface area contributed by atoms with Gasteiger partial charge in [-0.25, -0.2) is 4.79 Å². The Morgan fingerprint density at radius 3 is 1.96 bits per heavy atom. The van der Waals surface area contributed by atoms with E-state index < -0.39 is 35.5 Å². The summed E-state index contributed by atoms with van der Waals surface area (Å²) >= 11 is 0. The van der Waals surface area contributed by atoms with E-state index in [1.165, 1.54) is 0 Å². The predicted molar refractivity (Wildman–Crippen MR) is 89.3 cm³/mol. The van der Waals surface area contributed by atoms with Gasteiger partial charge in [-0.2, -0.15) is 4.39 Å². The zero-order valence-electron chi connectivity index (χ0n) is 16.1. The number of carbonyl (C=O) groups excluding carboxylic acids is 2. The third-order valence-electron chi connectivity index (χ3n) is 2.76. The molecule has 142 valence electrons. The fraction of sp³-hybridized carbons (Fsp3) is 0.882. The van der Waals surface area contributed by atoms with E-state index in [4.69, 9.17) is 14.2 Å². The monoisotopic (exact) mass is 349 g/mol. The molecule has 24 heavy (non-hydrogen) atoms. The predicted octanol–water partition coefficient (Wildman–Crippen LogP) is 3.58. The van der Waals surface area contributed by atoms with Gasteiger partial charge in [0.05, 0.1) is 11.6 Å². The van der Waals surface area contributed by atoms with E-state index in [0.29, 0.717) is 6.42 Å². The molecule has 0 fully saturated rings. The molecule has 0 bridgehead atoms. The average molecular weight is 349 g/mol. The lowest BCUT2D eigenvalue weighted by Gasteiger charge is -2.29. The maximum atomic E-state index is 13.5. The highest BCUT2D eigenvalue weighted by molar-refractivity contribution is 5.76. The van der Waals surface area contributed by atoms with Gasteiger partial charge in [-0.15, -0.1) is 0 Å². The van der Waals surface area contributed by atoms with Crippen LogP contribution >= 0.6 is 0 Å². The van der Waals surface area contributed by atoms with Crippen LogP contribution < -0.4 is 5.32 Å². The number of halogens is 1. The van der Waals surface area contributed by atoms with Gasteiger partial charge < -0.3 is 19.5 Å². The second-order valence-corrected chi connectivity index (χ2v) is 8.15. The van der Waals surface area contributed by atoms with Gasteiger partial charge in [0.25, 0.3) is 0 Å². The minimum absolute atomic E-state index is 0.110. The molecule has 0 aliphatic heterocycles. The Morgan fingerprint density at radius 1 is 1.04 bits per heavy atom. The number of amides is 1. The van der Waals surface area contributed by atoms with Crippen molar-refractivity contribution in [3.05, 3.63) is 0 Å². The summed E-state index contributed by atoms with van der Waals surface area (Å²) in [6, 6.07) is -2.50. The van der Waals surface area contributed by atoms with Crippen LogP contribution in [0.2, 0.25) is 0 Å². The van der Waals surface area contributed by atoms with Gasteiger partial charge in [-0.05, 0) is 53.9 Å². The molecular formula is C17H32FNO5. The molecule has 0 aliphatic rings. The Labute approximate surface area is 144 Å². The van der Waals surface area contributed by atoms with Crippen molar-refractivity contribution in [3.8, 4) is 0 Å². The van der Waals surface area contributed by atoms with Gasteiger partial charge in [-0.3, -0.25) is 4.79 Å². The lowest BCUT2D eigenvalue weighted by molar-refractivity contribution is -0.171. The summed E-state index contributed by atoms with van der Waals surface area (Å²) in [5.41, 5.74) is -1.19. The summed E-state index contributed by atoms with van der Waals surface area (Å²) < 4.78 is 29.3. The normalized spacial score (nSPS) is 15.1. The highest BCUT2D eigenvalue weighted by Gasteiger charge is 2.33. The average Bonchev–Trinajstić information content (AvgIpc) is 2.28. The van der Waals surface area contributed by atoms with E-state index in [0.717, 1.165) is 0 Å². The van der Waals surface area contributed by atoms with Crippen molar-refractivity contribution in [2.75, 3.05) is 6.79 Å². The molecule has 0 aromatic carbocycles. The number of hydrogen-bond donors (Lipinski definition) is 1. The Bertz CT molecular complexity index is 412. The second kappa shape index (κ2) is 9.32. The molecule has 1 unspecified atom stereocenters. The van der Waals surface area contributed by atoms with E-state index in [1.54, 1.807) is 20.8 Å². The van der Waals surface area contributed by atoms with E-state index in [-0.39, 0.29) is 12.7 Å². The van der Waals surface area contributed by atoms with Crippen LogP contribution in [0.5, 0.6) is 0 Å². The molecule has 0 saturated heterocycles. The third-order valence-corrected chi connectivity index (χ3v) is 2.76. The van der Waals surface area contributed by atoms with Crippen LogP contribution in [0, 0.1) is 5.92 Å². The number of nitrogens with one attached hydrogen (secondary N) is 1. The summed E-state index contributed by atoms with van der Waals surface area (Å²) in [5, 5.41) is 2.53. The van der Waals surface area contributed by atoms with E-state index >= 15 is 0 Å². The first-order chi connectivity index (χ1) is 10.7. The molecule has 1 N–H and O–H groups in total. The standard InChI is InChI=1S/C17H32FNO5/c1-11(2)9-12(19-15(21)24-17(6,7)8)13(14(18)20)22-10-23-16(3,4)5/h11-13H,9-10H2,1-8H3,(H,19,21)/t12-,13?/m0/s1. The van der Waals surface area contributed by atoms with Gasteiger partial charge in [0.15, 0.2) is 6.10 Å². The molecule has 7 heteroatoms. The molecule has 0 rings (SSSR count). The molecule has 6 nitrogen and oxygen atoms in total. The number of rotatable bonds is 8. The highest BCUT2D eigenvalue weighted by atomic mass is 19.1. The molecule has 2 atom stereocenters. The van der Waals surface area contributed by atoms with Crippen molar-refractivity contribution < 1.29 is 28.2 Å². The second-order valence-electron chi connectivity index (χ2n) is 8.15. The van der Waals surface area contributed by atoms with Crippen LogP contribution in [0.1, 0.15) is 61.8 Å². The summed E-state index contributed by atoms with van der Waals surface area (Å²) in [6.45, 7) is 14.1. The number of carbonyl (C=O) groups is 2. The quantitative estimate of drug-likeness (QED) is 0.535. The summed E-state index contributed by atoms with van der Waals surface area (Å²) in [7, 11) is 0. The molecule has 0 spiro atoms. The molecule has 0 radical (unpaired) electrons. The van der Waals surface area contributed by atoms with Gasteiger partial charge in [0.2, 0.25) is 0 Å².